The van der Waals surface area contributed by atoms with Crippen LogP contribution in [-0.4, -0.2) is 5.16 Å². The van der Waals surface area contributed by atoms with Gasteiger partial charge in [0.15, 0.2) is 11.6 Å². The van der Waals surface area contributed by atoms with Gasteiger partial charge in [-0.3, -0.25) is 0 Å². The Hall–Kier alpha value is -2.33. The van der Waals surface area contributed by atoms with Gasteiger partial charge in [0.25, 0.3) is 0 Å². The van der Waals surface area contributed by atoms with Crippen LogP contribution >= 0.6 is 11.6 Å². The van der Waals surface area contributed by atoms with Gasteiger partial charge < -0.3 is 10.3 Å². The van der Waals surface area contributed by atoms with Crippen LogP contribution in [-0.2, 0) is 0 Å². The highest BCUT2D eigenvalue weighted by Gasteiger charge is 2.21. The van der Waals surface area contributed by atoms with E-state index in [0.717, 1.165) is 11.1 Å². The quantitative estimate of drug-likeness (QED) is 0.747. The second-order valence-electron chi connectivity index (χ2n) is 4.66. The summed E-state index contributed by atoms with van der Waals surface area (Å²) in [6.07, 6.45) is 0. The predicted molar refractivity (Wildman–Crippen MR) is 81.5 cm³/mol. The van der Waals surface area contributed by atoms with Gasteiger partial charge in [-0.15, -0.1) is 0 Å². The number of hydrogen-bond donors (Lipinski definition) is 1. The van der Waals surface area contributed by atoms with Gasteiger partial charge in [-0.05, 0) is 24.6 Å². The lowest BCUT2D eigenvalue weighted by atomic mass is 9.98. The van der Waals surface area contributed by atoms with E-state index in [2.05, 4.69) is 5.16 Å². The van der Waals surface area contributed by atoms with Gasteiger partial charge in [-0.2, -0.15) is 0 Å². The summed E-state index contributed by atoms with van der Waals surface area (Å²) >= 11 is 6.13. The van der Waals surface area contributed by atoms with Crippen LogP contribution in [0.3, 0.4) is 0 Å². The first kappa shape index (κ1) is 13.6. The lowest BCUT2D eigenvalue weighted by Crippen LogP contribution is -1.92. The van der Waals surface area contributed by atoms with E-state index < -0.39 is 0 Å². The minimum atomic E-state index is -0.381. The van der Waals surface area contributed by atoms with Crippen molar-refractivity contribution in [2.75, 3.05) is 5.73 Å². The van der Waals surface area contributed by atoms with Gasteiger partial charge in [0.1, 0.15) is 5.82 Å². The summed E-state index contributed by atoms with van der Waals surface area (Å²) in [7, 11) is 0. The Kier molecular flexibility index (Phi) is 3.39. The second-order valence-corrected chi connectivity index (χ2v) is 5.07. The highest BCUT2D eigenvalue weighted by molar-refractivity contribution is 6.31. The summed E-state index contributed by atoms with van der Waals surface area (Å²) in [5, 5.41) is 4.37. The zero-order valence-corrected chi connectivity index (χ0v) is 12.0. The van der Waals surface area contributed by atoms with Gasteiger partial charge in [0, 0.05) is 16.1 Å². The average molecular weight is 303 g/mol. The summed E-state index contributed by atoms with van der Waals surface area (Å²) in [6, 6.07) is 11.8. The van der Waals surface area contributed by atoms with Crippen LogP contribution in [0.5, 0.6) is 0 Å². The monoisotopic (exact) mass is 302 g/mol. The van der Waals surface area contributed by atoms with Crippen molar-refractivity contribution in [2.24, 2.45) is 0 Å². The van der Waals surface area contributed by atoms with E-state index in [-0.39, 0.29) is 11.6 Å². The number of rotatable bonds is 2. The Morgan fingerprint density at radius 1 is 1.10 bits per heavy atom. The number of hydrogen-bond acceptors (Lipinski definition) is 3. The van der Waals surface area contributed by atoms with Crippen LogP contribution in [0.1, 0.15) is 5.56 Å². The van der Waals surface area contributed by atoms with E-state index in [1.807, 2.05) is 13.0 Å². The van der Waals surface area contributed by atoms with E-state index in [1.54, 1.807) is 30.3 Å². The van der Waals surface area contributed by atoms with Gasteiger partial charge in [0.05, 0.1) is 5.56 Å². The lowest BCUT2D eigenvalue weighted by molar-refractivity contribution is 0.436. The molecule has 21 heavy (non-hydrogen) atoms. The highest BCUT2D eigenvalue weighted by atomic mass is 35.5. The minimum absolute atomic E-state index is 0.148. The van der Waals surface area contributed by atoms with Crippen LogP contribution in [0.15, 0.2) is 47.0 Å². The molecule has 3 aromatic rings. The number of aromatic nitrogens is 1. The fraction of sp³-hybridized carbons (Fsp3) is 0.0625. The Morgan fingerprint density at radius 2 is 1.81 bits per heavy atom. The smallest absolute Gasteiger partial charge is 0.177 e. The molecule has 106 valence electrons. The number of anilines is 1. The lowest BCUT2D eigenvalue weighted by Gasteiger charge is -2.07. The third-order valence-corrected chi connectivity index (χ3v) is 3.78. The molecule has 0 bridgehead atoms. The summed E-state index contributed by atoms with van der Waals surface area (Å²) < 4.78 is 19.4. The maximum Gasteiger partial charge on any atom is 0.177 e. The Morgan fingerprint density at radius 3 is 2.57 bits per heavy atom. The Labute approximate surface area is 126 Å². The Bertz CT molecular complexity index is 814. The maximum absolute atomic E-state index is 14.1. The standard InChI is InChI=1S/C16H12ClFN2O/c1-9-10(6-4-7-12(9)17)15-14(16(19)20-21-15)11-5-2-3-8-13(11)18/h2-8H,1H3,(H2,19,20). The summed E-state index contributed by atoms with van der Waals surface area (Å²) in [4.78, 5) is 0. The van der Waals surface area contributed by atoms with Gasteiger partial charge >= 0.3 is 0 Å². The van der Waals surface area contributed by atoms with Crippen molar-refractivity contribution in [3.8, 4) is 22.5 Å². The summed E-state index contributed by atoms with van der Waals surface area (Å²) in [6.45, 7) is 1.86. The largest absolute Gasteiger partial charge is 0.380 e. The predicted octanol–water partition coefficient (Wildman–Crippen LogP) is 4.69. The van der Waals surface area contributed by atoms with Crippen molar-refractivity contribution in [1.82, 2.24) is 5.16 Å². The van der Waals surface area contributed by atoms with Gasteiger partial charge in [0.2, 0.25) is 0 Å². The first-order valence-corrected chi connectivity index (χ1v) is 6.73. The SMILES string of the molecule is Cc1c(Cl)cccc1-c1onc(N)c1-c1ccccc1F. The summed E-state index contributed by atoms with van der Waals surface area (Å²) in [5.74, 6) is 0.181. The molecule has 3 rings (SSSR count). The van der Waals surface area contributed by atoms with Crippen molar-refractivity contribution in [3.05, 3.63) is 58.9 Å². The molecule has 0 atom stereocenters. The third kappa shape index (κ3) is 2.28. The molecule has 0 aliphatic carbocycles. The van der Waals surface area contributed by atoms with Gasteiger partial charge in [-0.1, -0.05) is 47.1 Å². The minimum Gasteiger partial charge on any atom is -0.380 e. The number of halogens is 2. The molecule has 0 unspecified atom stereocenters. The Balaban J connectivity index is 2.28. The number of nitrogens with two attached hydrogens (primary N) is 1. The van der Waals surface area contributed by atoms with E-state index in [4.69, 9.17) is 21.9 Å². The highest BCUT2D eigenvalue weighted by Crippen LogP contribution is 2.40. The number of benzene rings is 2. The van der Waals surface area contributed by atoms with E-state index in [1.165, 1.54) is 6.07 Å². The molecular weight excluding hydrogens is 291 g/mol. The van der Waals surface area contributed by atoms with Crippen LogP contribution in [0.4, 0.5) is 10.2 Å². The van der Waals surface area contributed by atoms with Crippen LogP contribution in [0.2, 0.25) is 5.02 Å². The summed E-state index contributed by atoms with van der Waals surface area (Å²) in [5.41, 5.74) is 8.23. The van der Waals surface area contributed by atoms with Crippen molar-refractivity contribution in [1.29, 1.82) is 0 Å². The molecule has 0 amide bonds. The molecule has 1 aromatic heterocycles. The van der Waals surface area contributed by atoms with Crippen molar-refractivity contribution in [3.63, 3.8) is 0 Å². The fourth-order valence-electron chi connectivity index (χ4n) is 2.26. The third-order valence-electron chi connectivity index (χ3n) is 3.37. The van der Waals surface area contributed by atoms with Gasteiger partial charge in [-0.25, -0.2) is 4.39 Å². The molecule has 2 N–H and O–H groups in total. The van der Waals surface area contributed by atoms with E-state index in [9.17, 15) is 4.39 Å². The molecule has 0 saturated heterocycles. The van der Waals surface area contributed by atoms with Crippen LogP contribution in [0.25, 0.3) is 22.5 Å². The molecule has 0 aliphatic rings. The number of nitrogens with zero attached hydrogens (tertiary/aromatic N) is 1. The van der Waals surface area contributed by atoms with Crippen LogP contribution in [0, 0.1) is 12.7 Å². The second kappa shape index (κ2) is 5.22. The number of nitrogen functional groups attached to an aromatic ring is 1. The molecule has 2 aromatic carbocycles. The molecule has 0 saturated carbocycles. The maximum atomic E-state index is 14.1. The fourth-order valence-corrected chi connectivity index (χ4v) is 2.44. The molecule has 0 aliphatic heterocycles. The molecule has 3 nitrogen and oxygen atoms in total. The van der Waals surface area contributed by atoms with Crippen molar-refractivity contribution >= 4 is 17.4 Å². The van der Waals surface area contributed by atoms with E-state index in [0.29, 0.717) is 21.9 Å². The van der Waals surface area contributed by atoms with Crippen LogP contribution < -0.4 is 5.73 Å². The van der Waals surface area contributed by atoms with Crippen molar-refractivity contribution < 1.29 is 8.91 Å². The topological polar surface area (TPSA) is 52.0 Å². The molecule has 0 radical (unpaired) electrons. The normalized spacial score (nSPS) is 10.8. The van der Waals surface area contributed by atoms with E-state index >= 15 is 0 Å². The zero-order valence-electron chi connectivity index (χ0n) is 11.2. The first-order valence-electron chi connectivity index (χ1n) is 6.35. The average Bonchev–Trinajstić information content (AvgIpc) is 2.84. The molecule has 0 fully saturated rings. The molecular formula is C16H12ClFN2O. The van der Waals surface area contributed by atoms with Crippen molar-refractivity contribution in [2.45, 2.75) is 6.92 Å². The zero-order chi connectivity index (χ0) is 15.0. The first-order chi connectivity index (χ1) is 10.1. The molecule has 1 heterocycles. The molecule has 0 spiro atoms. The molecule has 5 heteroatoms.